The Hall–Kier alpha value is -2.33. The first-order valence-electron chi connectivity index (χ1n) is 11.1. The number of carbonyl (C=O) groups is 1. The van der Waals surface area contributed by atoms with Crippen LogP contribution in [0.25, 0.3) is 0 Å². The summed E-state index contributed by atoms with van der Waals surface area (Å²) in [5, 5.41) is 12.9. The predicted molar refractivity (Wildman–Crippen MR) is 117 cm³/mol. The van der Waals surface area contributed by atoms with Crippen molar-refractivity contribution < 1.29 is 23.4 Å². The number of carbonyl (C=O) groups excluding carboxylic acids is 1. The molecule has 9 heteroatoms. The molecule has 1 fully saturated rings. The number of aliphatic hydroxyl groups excluding tert-OH is 1. The number of nitrogens with zero attached hydrogens (tertiary/aromatic N) is 3. The van der Waals surface area contributed by atoms with E-state index < -0.39 is 6.10 Å². The molecule has 1 unspecified atom stereocenters. The van der Waals surface area contributed by atoms with E-state index in [2.05, 4.69) is 33.9 Å². The number of nitrogens with one attached hydrogen (secondary N) is 1. The Morgan fingerprint density at radius 1 is 1.19 bits per heavy atom. The van der Waals surface area contributed by atoms with Crippen molar-refractivity contribution in [2.24, 2.45) is 5.92 Å². The second-order valence-corrected chi connectivity index (χ2v) is 8.60. The lowest BCUT2D eigenvalue weighted by atomic mass is 10.2. The number of oxazole rings is 1. The van der Waals surface area contributed by atoms with Gasteiger partial charge in [0.2, 0.25) is 5.89 Å². The predicted octanol–water partition coefficient (Wildman–Crippen LogP) is 1.89. The standard InChI is InChI=1S/C23H33FN4O4/c1-17(2)14-31-15-20(29)12-27-7-9-28(10-8-27)13-22-26-21(16-32-22)23(30)25-11-18-3-5-19(24)6-4-18/h3-6,16-17,20,29H,7-15H2,1-2H3,(H,25,30). The molecule has 0 bridgehead atoms. The normalized spacial score (nSPS) is 16.4. The molecular weight excluding hydrogens is 415 g/mol. The average Bonchev–Trinajstić information content (AvgIpc) is 3.23. The fourth-order valence-corrected chi connectivity index (χ4v) is 3.47. The third-order valence-corrected chi connectivity index (χ3v) is 5.20. The van der Waals surface area contributed by atoms with Gasteiger partial charge in [-0.25, -0.2) is 9.37 Å². The van der Waals surface area contributed by atoms with Crippen LogP contribution in [0.3, 0.4) is 0 Å². The van der Waals surface area contributed by atoms with Crippen LogP contribution >= 0.6 is 0 Å². The fraction of sp³-hybridized carbons (Fsp3) is 0.565. The molecule has 2 aromatic rings. The van der Waals surface area contributed by atoms with Gasteiger partial charge in [-0.05, 0) is 23.6 Å². The smallest absolute Gasteiger partial charge is 0.273 e. The zero-order chi connectivity index (χ0) is 22.9. The summed E-state index contributed by atoms with van der Waals surface area (Å²) in [6.45, 7) is 9.95. The summed E-state index contributed by atoms with van der Waals surface area (Å²) < 4.78 is 23.9. The van der Waals surface area contributed by atoms with Crippen molar-refractivity contribution in [3.05, 3.63) is 53.5 Å². The summed E-state index contributed by atoms with van der Waals surface area (Å²) in [6.07, 6.45) is 0.877. The maximum Gasteiger partial charge on any atom is 0.273 e. The van der Waals surface area contributed by atoms with Gasteiger partial charge in [0.15, 0.2) is 5.69 Å². The lowest BCUT2D eigenvalue weighted by molar-refractivity contribution is -0.000850. The molecule has 176 valence electrons. The van der Waals surface area contributed by atoms with E-state index in [1.54, 1.807) is 12.1 Å². The molecule has 0 spiro atoms. The third-order valence-electron chi connectivity index (χ3n) is 5.20. The molecular formula is C23H33FN4O4. The maximum atomic E-state index is 13.0. The van der Waals surface area contributed by atoms with E-state index in [0.717, 1.165) is 31.7 Å². The number of halogens is 1. The van der Waals surface area contributed by atoms with Crippen LogP contribution in [0.15, 0.2) is 34.9 Å². The molecule has 1 aliphatic rings. The molecule has 8 nitrogen and oxygen atoms in total. The minimum Gasteiger partial charge on any atom is -0.447 e. The molecule has 2 N–H and O–H groups in total. The molecule has 0 radical (unpaired) electrons. The molecule has 1 aromatic heterocycles. The first-order valence-corrected chi connectivity index (χ1v) is 11.1. The van der Waals surface area contributed by atoms with Crippen LogP contribution in [0.2, 0.25) is 0 Å². The van der Waals surface area contributed by atoms with Crippen LogP contribution in [0.5, 0.6) is 0 Å². The number of hydrogen-bond donors (Lipinski definition) is 2. The van der Waals surface area contributed by atoms with E-state index in [9.17, 15) is 14.3 Å². The van der Waals surface area contributed by atoms with Crippen LogP contribution in [0, 0.1) is 11.7 Å². The minimum absolute atomic E-state index is 0.227. The number of hydrogen-bond acceptors (Lipinski definition) is 7. The van der Waals surface area contributed by atoms with Gasteiger partial charge in [-0.1, -0.05) is 26.0 Å². The third kappa shape index (κ3) is 7.98. The number of amides is 1. The van der Waals surface area contributed by atoms with Gasteiger partial charge in [0.25, 0.3) is 5.91 Å². The van der Waals surface area contributed by atoms with Gasteiger partial charge >= 0.3 is 0 Å². The van der Waals surface area contributed by atoms with E-state index >= 15 is 0 Å². The molecule has 0 saturated carbocycles. The van der Waals surface area contributed by atoms with Gasteiger partial charge in [-0.15, -0.1) is 0 Å². The number of β-amino-alcohol motifs (C(OH)–C–C–N with tert-alkyl or cyclic N) is 1. The van der Waals surface area contributed by atoms with E-state index in [1.807, 2.05) is 0 Å². The Bertz CT molecular complexity index is 835. The van der Waals surface area contributed by atoms with E-state index in [0.29, 0.717) is 38.1 Å². The summed E-state index contributed by atoms with van der Waals surface area (Å²) in [5.74, 6) is 0.312. The monoisotopic (exact) mass is 448 g/mol. The van der Waals surface area contributed by atoms with Crippen LogP contribution < -0.4 is 5.32 Å². The van der Waals surface area contributed by atoms with Crippen LogP contribution in [-0.4, -0.2) is 77.8 Å². The SMILES string of the molecule is CC(C)COCC(O)CN1CCN(Cc2nc(C(=O)NCc3ccc(F)cc3)co2)CC1. The molecule has 1 aliphatic heterocycles. The number of piperazine rings is 1. The Morgan fingerprint density at radius 3 is 2.56 bits per heavy atom. The lowest BCUT2D eigenvalue weighted by Gasteiger charge is -2.34. The fourth-order valence-electron chi connectivity index (χ4n) is 3.47. The molecule has 32 heavy (non-hydrogen) atoms. The minimum atomic E-state index is -0.483. The maximum absolute atomic E-state index is 13.0. The number of aliphatic hydroxyl groups is 1. The Kier molecular flexibility index (Phi) is 9.16. The highest BCUT2D eigenvalue weighted by Gasteiger charge is 2.21. The zero-order valence-corrected chi connectivity index (χ0v) is 18.8. The molecule has 1 saturated heterocycles. The Labute approximate surface area is 188 Å². The molecule has 2 heterocycles. The average molecular weight is 449 g/mol. The second-order valence-electron chi connectivity index (χ2n) is 8.60. The largest absolute Gasteiger partial charge is 0.447 e. The topological polar surface area (TPSA) is 91.1 Å². The first kappa shape index (κ1) is 24.3. The first-order chi connectivity index (χ1) is 15.4. The van der Waals surface area contributed by atoms with E-state index in [4.69, 9.17) is 9.15 Å². The summed E-state index contributed by atoms with van der Waals surface area (Å²) in [7, 11) is 0. The van der Waals surface area contributed by atoms with Crippen molar-refractivity contribution in [1.82, 2.24) is 20.1 Å². The summed E-state index contributed by atoms with van der Waals surface area (Å²) in [6, 6.07) is 5.97. The van der Waals surface area contributed by atoms with Crippen LogP contribution in [0.1, 0.15) is 35.8 Å². The van der Waals surface area contributed by atoms with Gasteiger partial charge in [0.05, 0.1) is 19.3 Å². The Morgan fingerprint density at radius 2 is 1.88 bits per heavy atom. The highest BCUT2D eigenvalue weighted by atomic mass is 19.1. The van der Waals surface area contributed by atoms with E-state index in [-0.39, 0.29) is 24.0 Å². The van der Waals surface area contributed by atoms with Gasteiger partial charge in [-0.2, -0.15) is 0 Å². The van der Waals surface area contributed by atoms with Gasteiger partial charge < -0.3 is 19.6 Å². The quantitative estimate of drug-likeness (QED) is 0.543. The van der Waals surface area contributed by atoms with E-state index in [1.165, 1.54) is 18.4 Å². The number of rotatable bonds is 11. The van der Waals surface area contributed by atoms with Crippen molar-refractivity contribution in [2.75, 3.05) is 45.9 Å². The van der Waals surface area contributed by atoms with Crippen LogP contribution in [-0.2, 0) is 17.8 Å². The molecule has 1 atom stereocenters. The highest BCUT2D eigenvalue weighted by Crippen LogP contribution is 2.10. The number of benzene rings is 1. The van der Waals surface area contributed by atoms with Gasteiger partial charge in [0.1, 0.15) is 12.1 Å². The van der Waals surface area contributed by atoms with Gasteiger partial charge in [0, 0.05) is 45.9 Å². The number of aromatic nitrogens is 1. The van der Waals surface area contributed by atoms with Gasteiger partial charge in [-0.3, -0.25) is 14.6 Å². The van der Waals surface area contributed by atoms with Crippen molar-refractivity contribution in [3.63, 3.8) is 0 Å². The number of ether oxygens (including phenoxy) is 1. The van der Waals surface area contributed by atoms with Crippen molar-refractivity contribution in [3.8, 4) is 0 Å². The van der Waals surface area contributed by atoms with Crippen molar-refractivity contribution >= 4 is 5.91 Å². The van der Waals surface area contributed by atoms with Crippen LogP contribution in [0.4, 0.5) is 4.39 Å². The lowest BCUT2D eigenvalue weighted by Crippen LogP contribution is -2.48. The van der Waals surface area contributed by atoms with Crippen molar-refractivity contribution in [1.29, 1.82) is 0 Å². The molecule has 1 amide bonds. The highest BCUT2D eigenvalue weighted by molar-refractivity contribution is 5.91. The Balaban J connectivity index is 1.36. The van der Waals surface area contributed by atoms with Crippen molar-refractivity contribution in [2.45, 2.75) is 33.0 Å². The second kappa shape index (κ2) is 12.1. The molecule has 3 rings (SSSR count). The molecule has 0 aliphatic carbocycles. The summed E-state index contributed by atoms with van der Waals surface area (Å²) >= 11 is 0. The molecule has 1 aromatic carbocycles. The summed E-state index contributed by atoms with van der Waals surface area (Å²) in [4.78, 5) is 21.0. The zero-order valence-electron chi connectivity index (χ0n) is 18.8. The summed E-state index contributed by atoms with van der Waals surface area (Å²) in [5.41, 5.74) is 1.03.